The predicted octanol–water partition coefficient (Wildman–Crippen LogP) is 0.704. The summed E-state index contributed by atoms with van der Waals surface area (Å²) in [6.45, 7) is 1.84. The second kappa shape index (κ2) is 2.28. The largest absolute Gasteiger partial charge is 0.381 e. The van der Waals surface area contributed by atoms with Crippen LogP contribution in [-0.2, 0) is 13.5 Å². The Balaban J connectivity index is 3.17. The van der Waals surface area contributed by atoms with Gasteiger partial charge < -0.3 is 5.73 Å². The van der Waals surface area contributed by atoms with Gasteiger partial charge in [0.25, 0.3) is 0 Å². The van der Waals surface area contributed by atoms with Crippen molar-refractivity contribution >= 4 is 5.82 Å². The van der Waals surface area contributed by atoms with Crippen LogP contribution in [0.2, 0.25) is 0 Å². The predicted molar refractivity (Wildman–Crippen MR) is 37.0 cm³/mol. The van der Waals surface area contributed by atoms with E-state index in [0.29, 0.717) is 12.1 Å². The topological polar surface area (TPSA) is 43.8 Å². The van der Waals surface area contributed by atoms with Crippen molar-refractivity contribution in [2.75, 3.05) is 5.73 Å². The molecule has 0 aliphatic rings. The summed E-state index contributed by atoms with van der Waals surface area (Å²) in [5, 5.41) is 3.84. The molecule has 0 bridgehead atoms. The summed E-state index contributed by atoms with van der Waals surface area (Å²) in [5.41, 5.74) is 5.73. The van der Waals surface area contributed by atoms with Crippen molar-refractivity contribution in [2.24, 2.45) is 7.05 Å². The summed E-state index contributed by atoms with van der Waals surface area (Å²) in [7, 11) is 1.62. The molecule has 0 fully saturated rings. The standard InChI is InChI=1S/C6H10FN3/c1-3-4-5(7)6(8)10(2)9-4/h3,8H2,1-2H3. The van der Waals surface area contributed by atoms with Gasteiger partial charge in [-0.3, -0.25) is 4.68 Å². The lowest BCUT2D eigenvalue weighted by Gasteiger charge is -1.88. The zero-order valence-corrected chi connectivity index (χ0v) is 6.06. The van der Waals surface area contributed by atoms with E-state index in [-0.39, 0.29) is 11.6 Å². The van der Waals surface area contributed by atoms with Gasteiger partial charge in [0.2, 0.25) is 0 Å². The first-order chi connectivity index (χ1) is 4.66. The first kappa shape index (κ1) is 7.05. The van der Waals surface area contributed by atoms with E-state index in [1.54, 1.807) is 7.05 Å². The quantitative estimate of drug-likeness (QED) is 0.629. The number of nitrogens with two attached hydrogens (primary N) is 1. The van der Waals surface area contributed by atoms with Crippen molar-refractivity contribution in [1.82, 2.24) is 9.78 Å². The lowest BCUT2D eigenvalue weighted by Crippen LogP contribution is -1.97. The highest BCUT2D eigenvalue weighted by Crippen LogP contribution is 2.12. The number of aryl methyl sites for hydroxylation is 2. The second-order valence-electron chi connectivity index (χ2n) is 2.12. The third kappa shape index (κ3) is 0.853. The van der Waals surface area contributed by atoms with Gasteiger partial charge in [-0.25, -0.2) is 4.39 Å². The Hall–Kier alpha value is -1.06. The van der Waals surface area contributed by atoms with Gasteiger partial charge >= 0.3 is 0 Å². The molecule has 0 aliphatic heterocycles. The van der Waals surface area contributed by atoms with Gasteiger partial charge in [0.15, 0.2) is 11.6 Å². The molecule has 0 spiro atoms. The van der Waals surface area contributed by atoms with Gasteiger partial charge in [0, 0.05) is 7.05 Å². The molecule has 0 aliphatic carbocycles. The van der Waals surface area contributed by atoms with E-state index in [1.807, 2.05) is 6.92 Å². The van der Waals surface area contributed by atoms with Crippen molar-refractivity contribution < 1.29 is 4.39 Å². The Morgan fingerprint density at radius 1 is 1.70 bits per heavy atom. The molecule has 0 saturated carbocycles. The SMILES string of the molecule is CCc1nn(C)c(N)c1F. The molecule has 0 unspecified atom stereocenters. The van der Waals surface area contributed by atoms with E-state index in [9.17, 15) is 4.39 Å². The first-order valence-corrected chi connectivity index (χ1v) is 3.13. The lowest BCUT2D eigenvalue weighted by atomic mass is 10.3. The van der Waals surface area contributed by atoms with E-state index in [2.05, 4.69) is 5.10 Å². The summed E-state index contributed by atoms with van der Waals surface area (Å²) in [5.74, 6) is -0.276. The van der Waals surface area contributed by atoms with Gasteiger partial charge in [0.1, 0.15) is 5.69 Å². The lowest BCUT2D eigenvalue weighted by molar-refractivity contribution is 0.616. The maximum Gasteiger partial charge on any atom is 0.188 e. The molecule has 0 amide bonds. The highest BCUT2D eigenvalue weighted by atomic mass is 19.1. The highest BCUT2D eigenvalue weighted by molar-refractivity contribution is 5.33. The van der Waals surface area contributed by atoms with Gasteiger partial charge in [-0.1, -0.05) is 6.92 Å². The molecule has 3 nitrogen and oxygen atoms in total. The monoisotopic (exact) mass is 143 g/mol. The Morgan fingerprint density at radius 3 is 2.50 bits per heavy atom. The van der Waals surface area contributed by atoms with E-state index >= 15 is 0 Å². The van der Waals surface area contributed by atoms with Crippen LogP contribution in [0.15, 0.2) is 0 Å². The minimum Gasteiger partial charge on any atom is -0.381 e. The number of hydrogen-bond donors (Lipinski definition) is 1. The number of nitrogens with zero attached hydrogens (tertiary/aromatic N) is 2. The van der Waals surface area contributed by atoms with E-state index in [0.717, 1.165) is 0 Å². The van der Waals surface area contributed by atoms with Crippen molar-refractivity contribution in [2.45, 2.75) is 13.3 Å². The fourth-order valence-corrected chi connectivity index (χ4v) is 0.795. The Morgan fingerprint density at radius 2 is 2.30 bits per heavy atom. The highest BCUT2D eigenvalue weighted by Gasteiger charge is 2.10. The maximum absolute atomic E-state index is 12.8. The van der Waals surface area contributed by atoms with E-state index in [1.165, 1.54) is 4.68 Å². The molecular weight excluding hydrogens is 133 g/mol. The normalized spacial score (nSPS) is 10.3. The van der Waals surface area contributed by atoms with Crippen molar-refractivity contribution in [1.29, 1.82) is 0 Å². The summed E-state index contributed by atoms with van der Waals surface area (Å²) in [4.78, 5) is 0. The van der Waals surface area contributed by atoms with Crippen LogP contribution in [0.25, 0.3) is 0 Å². The van der Waals surface area contributed by atoms with E-state index < -0.39 is 0 Å². The van der Waals surface area contributed by atoms with Crippen molar-refractivity contribution in [3.05, 3.63) is 11.5 Å². The zero-order chi connectivity index (χ0) is 7.72. The Kier molecular flexibility index (Phi) is 1.61. The van der Waals surface area contributed by atoms with Gasteiger partial charge in [-0.05, 0) is 6.42 Å². The van der Waals surface area contributed by atoms with Crippen LogP contribution < -0.4 is 5.73 Å². The number of anilines is 1. The zero-order valence-electron chi connectivity index (χ0n) is 6.06. The summed E-state index contributed by atoms with van der Waals surface area (Å²) in [6.07, 6.45) is 0.580. The van der Waals surface area contributed by atoms with Crippen LogP contribution >= 0.6 is 0 Å². The van der Waals surface area contributed by atoms with Crippen LogP contribution in [0.1, 0.15) is 12.6 Å². The molecule has 1 aromatic rings. The summed E-state index contributed by atoms with van der Waals surface area (Å²) >= 11 is 0. The number of rotatable bonds is 1. The fourth-order valence-electron chi connectivity index (χ4n) is 0.795. The first-order valence-electron chi connectivity index (χ1n) is 3.13. The smallest absolute Gasteiger partial charge is 0.188 e. The Bertz CT molecular complexity index is 241. The summed E-state index contributed by atoms with van der Waals surface area (Å²) < 4.78 is 14.2. The average Bonchev–Trinajstić information content (AvgIpc) is 2.17. The molecule has 0 aromatic carbocycles. The molecule has 10 heavy (non-hydrogen) atoms. The van der Waals surface area contributed by atoms with Gasteiger partial charge in [-0.2, -0.15) is 5.10 Å². The molecule has 0 saturated heterocycles. The minimum absolute atomic E-state index is 0.108. The van der Waals surface area contributed by atoms with Gasteiger partial charge in [-0.15, -0.1) is 0 Å². The average molecular weight is 143 g/mol. The number of nitrogen functional groups attached to an aromatic ring is 1. The van der Waals surface area contributed by atoms with Gasteiger partial charge in [0.05, 0.1) is 0 Å². The van der Waals surface area contributed by atoms with Crippen LogP contribution in [0.3, 0.4) is 0 Å². The van der Waals surface area contributed by atoms with Crippen LogP contribution in [0.5, 0.6) is 0 Å². The molecule has 1 rings (SSSR count). The molecule has 2 N–H and O–H groups in total. The third-order valence-electron chi connectivity index (χ3n) is 1.43. The number of aromatic nitrogens is 2. The number of halogens is 1. The van der Waals surface area contributed by atoms with Crippen LogP contribution in [0, 0.1) is 5.82 Å². The molecule has 1 aromatic heterocycles. The molecule has 0 atom stereocenters. The Labute approximate surface area is 58.6 Å². The van der Waals surface area contributed by atoms with E-state index in [4.69, 9.17) is 5.73 Å². The van der Waals surface area contributed by atoms with Crippen LogP contribution in [-0.4, -0.2) is 9.78 Å². The van der Waals surface area contributed by atoms with Crippen LogP contribution in [0.4, 0.5) is 10.2 Å². The number of hydrogen-bond acceptors (Lipinski definition) is 2. The second-order valence-corrected chi connectivity index (χ2v) is 2.12. The molecule has 0 radical (unpaired) electrons. The fraction of sp³-hybridized carbons (Fsp3) is 0.500. The third-order valence-corrected chi connectivity index (χ3v) is 1.43. The van der Waals surface area contributed by atoms with Crippen molar-refractivity contribution in [3.63, 3.8) is 0 Å². The summed E-state index contributed by atoms with van der Waals surface area (Å²) in [6, 6.07) is 0. The molecule has 4 heteroatoms. The maximum atomic E-state index is 12.8. The molecular formula is C6H10FN3. The minimum atomic E-state index is -0.384. The molecule has 1 heterocycles. The molecule has 56 valence electrons. The van der Waals surface area contributed by atoms with Crippen molar-refractivity contribution in [3.8, 4) is 0 Å².